The van der Waals surface area contributed by atoms with E-state index in [4.69, 9.17) is 45.3 Å². The molecule has 4 aliphatic rings. The van der Waals surface area contributed by atoms with E-state index in [0.717, 1.165) is 32.1 Å². The van der Waals surface area contributed by atoms with E-state index >= 15 is 0 Å². The first-order chi connectivity index (χ1) is 13.6. The molecule has 29 heavy (non-hydrogen) atoms. The van der Waals surface area contributed by atoms with Crippen LogP contribution in [0, 0.1) is 12.5 Å². The monoisotopic (exact) mass is 419 g/mol. The van der Waals surface area contributed by atoms with Crippen molar-refractivity contribution in [3.63, 3.8) is 0 Å². The summed E-state index contributed by atoms with van der Waals surface area (Å²) >= 11 is 0. The normalized spacial score (nSPS) is 47.3. The molecule has 0 aromatic heterocycles. The molecule has 0 aromatic rings. The van der Waals surface area contributed by atoms with Crippen LogP contribution in [0.3, 0.4) is 0 Å². The van der Waals surface area contributed by atoms with Crippen molar-refractivity contribution >= 4 is 23.5 Å². The molecule has 4 radical (unpaired) electrons. The summed E-state index contributed by atoms with van der Waals surface area (Å²) in [5.74, 6) is 0.179. The fourth-order valence-corrected chi connectivity index (χ4v) is 6.88. The van der Waals surface area contributed by atoms with E-state index in [2.05, 4.69) is 11.8 Å². The Balaban J connectivity index is 1.48. The molecule has 0 amide bonds. The van der Waals surface area contributed by atoms with Crippen molar-refractivity contribution in [1.82, 2.24) is 0 Å². The van der Waals surface area contributed by atoms with E-state index in [1.165, 1.54) is 0 Å². The molecule has 0 spiro atoms. The van der Waals surface area contributed by atoms with Crippen LogP contribution < -0.4 is 0 Å². The molecule has 4 fully saturated rings. The van der Waals surface area contributed by atoms with Crippen LogP contribution in [0.4, 0.5) is 0 Å². The van der Waals surface area contributed by atoms with E-state index < -0.39 is 36.1 Å². The molecular weight excluding hydrogens is 391 g/mol. The molecule has 4 bridgehead atoms. The van der Waals surface area contributed by atoms with E-state index in [1.807, 2.05) is 6.92 Å². The van der Waals surface area contributed by atoms with Gasteiger partial charge in [-0.3, -0.25) is 13.6 Å². The minimum atomic E-state index is -3.95. The van der Waals surface area contributed by atoms with Gasteiger partial charge >= 0.3 is 7.82 Å². The van der Waals surface area contributed by atoms with Gasteiger partial charge in [-0.05, 0) is 50.9 Å². The van der Waals surface area contributed by atoms with Gasteiger partial charge in [0.1, 0.15) is 28.4 Å². The van der Waals surface area contributed by atoms with Gasteiger partial charge in [0.2, 0.25) is 6.54 Å². The molecule has 4 heterocycles. The van der Waals surface area contributed by atoms with E-state index in [-0.39, 0.29) is 25.7 Å². The first-order valence-electron chi connectivity index (χ1n) is 10.5. The number of phosphoric ester groups is 1. The number of phosphoric acid groups is 1. The Labute approximate surface area is 175 Å². The average Bonchev–Trinajstić information content (AvgIpc) is 3.33. The van der Waals surface area contributed by atoms with Crippen molar-refractivity contribution in [3.8, 4) is 0 Å². The molecule has 0 aromatic carbocycles. The van der Waals surface area contributed by atoms with Crippen LogP contribution in [-0.4, -0.2) is 63.8 Å². The largest absolute Gasteiger partial charge is 0.475 e. The summed E-state index contributed by atoms with van der Waals surface area (Å²) in [7, 11) is 8.61. The zero-order valence-corrected chi connectivity index (χ0v) is 18.1. The Bertz CT molecular complexity index is 751. The zero-order valence-electron chi connectivity index (χ0n) is 17.2. The number of rotatable bonds is 9. The Morgan fingerprint density at radius 2 is 1.76 bits per heavy atom. The Morgan fingerprint density at radius 3 is 2.31 bits per heavy atom. The summed E-state index contributed by atoms with van der Waals surface area (Å²) in [6, 6.07) is 0. The summed E-state index contributed by atoms with van der Waals surface area (Å²) in [4.78, 5) is 3.25. The molecule has 7 unspecified atom stereocenters. The Hall–Kier alpha value is -0.350. The van der Waals surface area contributed by atoms with Gasteiger partial charge in [0.25, 0.3) is 0 Å². The molecule has 4 saturated heterocycles. The number of ether oxygens (including phenoxy) is 2. The van der Waals surface area contributed by atoms with E-state index in [1.54, 1.807) is 0 Å². The summed E-state index contributed by atoms with van der Waals surface area (Å²) < 4.78 is 43.0. The lowest BCUT2D eigenvalue weighted by molar-refractivity contribution is -0.0760. The van der Waals surface area contributed by atoms with Crippen LogP contribution in [0.2, 0.25) is 0 Å². The van der Waals surface area contributed by atoms with Crippen LogP contribution in [0.1, 0.15) is 58.8 Å². The number of nitrogens with zero attached hydrogens (tertiary/aromatic N) is 1. The SMILES string of the molecule is [B]C12CCC(COP(=O)(OCC[N+]#[C-])OC3CC4([B])CCC3(CC)O4)(O1)C(C)C2. The molecule has 0 N–H and O–H groups in total. The third-order valence-electron chi connectivity index (χ3n) is 7.20. The predicted molar refractivity (Wildman–Crippen MR) is 108 cm³/mol. The summed E-state index contributed by atoms with van der Waals surface area (Å²) in [6.07, 6.45) is 4.36. The molecule has 156 valence electrons. The molecule has 0 aliphatic carbocycles. The first-order valence-corrected chi connectivity index (χ1v) is 11.9. The second-order valence-electron chi connectivity index (χ2n) is 9.16. The van der Waals surface area contributed by atoms with Gasteiger partial charge in [-0.15, -0.1) is 0 Å². The highest BCUT2D eigenvalue weighted by Crippen LogP contribution is 2.61. The van der Waals surface area contributed by atoms with Crippen LogP contribution in [-0.2, 0) is 27.6 Å². The van der Waals surface area contributed by atoms with Gasteiger partial charge in [-0.25, -0.2) is 11.1 Å². The van der Waals surface area contributed by atoms with Gasteiger partial charge in [0, 0.05) is 11.0 Å². The number of hydrogen-bond acceptors (Lipinski definition) is 6. The zero-order chi connectivity index (χ0) is 21.0. The van der Waals surface area contributed by atoms with Crippen LogP contribution in [0.5, 0.6) is 0 Å². The standard InChI is InChI=1S/C19H28B2NO6P/c1-4-16-5-7-19(21,27-16)12-15(16)26-29(23,24-10-9-22-3)25-13-17-6-8-18(20,28-17)11-14(17)2/h14-15H,4-13H2,1-2H3. The van der Waals surface area contributed by atoms with Crippen molar-refractivity contribution in [2.75, 3.05) is 19.8 Å². The lowest BCUT2D eigenvalue weighted by Gasteiger charge is -2.35. The van der Waals surface area contributed by atoms with Gasteiger partial charge < -0.3 is 14.3 Å². The molecule has 7 nitrogen and oxygen atoms in total. The number of fused-ring (bicyclic) bond motifs is 4. The van der Waals surface area contributed by atoms with Crippen molar-refractivity contribution in [3.05, 3.63) is 11.4 Å². The van der Waals surface area contributed by atoms with Crippen LogP contribution in [0.15, 0.2) is 0 Å². The Morgan fingerprint density at radius 1 is 1.10 bits per heavy atom. The highest BCUT2D eigenvalue weighted by atomic mass is 31.2. The first kappa shape index (κ1) is 21.9. The maximum atomic E-state index is 13.5. The molecule has 10 heteroatoms. The quantitative estimate of drug-likeness (QED) is 0.248. The minimum absolute atomic E-state index is 0.0362. The van der Waals surface area contributed by atoms with Crippen molar-refractivity contribution in [2.24, 2.45) is 5.92 Å². The summed E-state index contributed by atoms with van der Waals surface area (Å²) in [5, 5.41) is 0. The molecule has 4 aliphatic heterocycles. The fraction of sp³-hybridized carbons (Fsp3) is 0.947. The summed E-state index contributed by atoms with van der Waals surface area (Å²) in [5.41, 5.74) is -2.55. The maximum absolute atomic E-state index is 13.5. The molecule has 7 atom stereocenters. The van der Waals surface area contributed by atoms with Gasteiger partial charge in [-0.1, -0.05) is 13.8 Å². The van der Waals surface area contributed by atoms with E-state index in [9.17, 15) is 4.57 Å². The topological polar surface area (TPSA) is 67.6 Å². The smallest absolute Gasteiger partial charge is 0.376 e. The molecule has 4 rings (SSSR count). The summed E-state index contributed by atoms with van der Waals surface area (Å²) in [6.45, 7) is 11.1. The lowest BCUT2D eigenvalue weighted by atomic mass is 9.67. The van der Waals surface area contributed by atoms with Gasteiger partial charge in [-0.2, -0.15) is 0 Å². The highest BCUT2D eigenvalue weighted by molar-refractivity contribution is 7.48. The second-order valence-corrected chi connectivity index (χ2v) is 10.8. The van der Waals surface area contributed by atoms with Gasteiger partial charge in [0.15, 0.2) is 0 Å². The molecular formula is C19H28B2NO6P. The minimum Gasteiger partial charge on any atom is -0.376 e. The highest BCUT2D eigenvalue weighted by Gasteiger charge is 2.61. The number of hydrogen-bond donors (Lipinski definition) is 0. The maximum Gasteiger partial charge on any atom is 0.475 e. The fourth-order valence-electron chi connectivity index (χ4n) is 5.42. The van der Waals surface area contributed by atoms with Crippen LogP contribution in [0.25, 0.3) is 4.85 Å². The van der Waals surface area contributed by atoms with Crippen LogP contribution >= 0.6 is 7.82 Å². The predicted octanol–water partition coefficient (Wildman–Crippen LogP) is 3.11. The Kier molecular flexibility index (Phi) is 5.55. The third-order valence-corrected chi connectivity index (χ3v) is 8.65. The van der Waals surface area contributed by atoms with Crippen molar-refractivity contribution < 1.29 is 27.6 Å². The molecule has 0 saturated carbocycles. The lowest BCUT2D eigenvalue weighted by Crippen LogP contribution is -2.40. The third kappa shape index (κ3) is 3.86. The van der Waals surface area contributed by atoms with Crippen molar-refractivity contribution in [1.29, 1.82) is 0 Å². The average molecular weight is 419 g/mol. The van der Waals surface area contributed by atoms with Gasteiger partial charge in [0.05, 0.1) is 17.8 Å². The van der Waals surface area contributed by atoms with E-state index in [0.29, 0.717) is 12.8 Å². The second kappa shape index (κ2) is 7.36. The van der Waals surface area contributed by atoms with Crippen molar-refractivity contribution in [2.45, 2.75) is 87.1 Å².